The molecule has 3 rings (SSSR count). The SMILES string of the molecule is O=C(O)c1ccccc1SCc1nc(-c2ccc(Br)cc2)cs1. The number of thiazole rings is 1. The van der Waals surface area contributed by atoms with Crippen molar-refractivity contribution in [2.45, 2.75) is 10.6 Å². The van der Waals surface area contributed by atoms with Crippen LogP contribution >= 0.6 is 39.0 Å². The summed E-state index contributed by atoms with van der Waals surface area (Å²) in [6, 6.07) is 15.1. The van der Waals surface area contributed by atoms with Gasteiger partial charge in [-0.25, -0.2) is 9.78 Å². The summed E-state index contributed by atoms with van der Waals surface area (Å²) >= 11 is 6.51. The first-order valence-electron chi connectivity index (χ1n) is 6.79. The van der Waals surface area contributed by atoms with Crippen LogP contribution < -0.4 is 0 Å². The molecule has 0 amide bonds. The number of carboxylic acids is 1. The Morgan fingerprint density at radius 2 is 1.91 bits per heavy atom. The van der Waals surface area contributed by atoms with E-state index in [0.29, 0.717) is 11.3 Å². The molecule has 1 heterocycles. The highest BCUT2D eigenvalue weighted by atomic mass is 79.9. The van der Waals surface area contributed by atoms with Crippen molar-refractivity contribution in [1.29, 1.82) is 0 Å². The third-order valence-corrected chi connectivity index (χ3v) is 5.81. The Morgan fingerprint density at radius 1 is 1.17 bits per heavy atom. The predicted octanol–water partition coefficient (Wildman–Crippen LogP) is 5.56. The average Bonchev–Trinajstić information content (AvgIpc) is 3.03. The quantitative estimate of drug-likeness (QED) is 0.564. The van der Waals surface area contributed by atoms with Crippen molar-refractivity contribution in [3.05, 3.63) is 69.0 Å². The third-order valence-electron chi connectivity index (χ3n) is 3.16. The van der Waals surface area contributed by atoms with Crippen molar-refractivity contribution in [2.24, 2.45) is 0 Å². The van der Waals surface area contributed by atoms with Crippen molar-refractivity contribution in [1.82, 2.24) is 4.98 Å². The van der Waals surface area contributed by atoms with E-state index in [1.807, 2.05) is 41.8 Å². The van der Waals surface area contributed by atoms with Gasteiger partial charge in [0.2, 0.25) is 0 Å². The van der Waals surface area contributed by atoms with Gasteiger partial charge in [0, 0.05) is 20.3 Å². The van der Waals surface area contributed by atoms with Gasteiger partial charge in [-0.1, -0.05) is 40.2 Å². The monoisotopic (exact) mass is 405 g/mol. The van der Waals surface area contributed by atoms with Crippen LogP contribution in [0.15, 0.2) is 63.3 Å². The molecule has 6 heteroatoms. The Labute approximate surface area is 150 Å². The molecule has 23 heavy (non-hydrogen) atoms. The van der Waals surface area contributed by atoms with E-state index in [0.717, 1.165) is 25.6 Å². The van der Waals surface area contributed by atoms with Gasteiger partial charge in [0.05, 0.1) is 17.0 Å². The van der Waals surface area contributed by atoms with Crippen LogP contribution in [-0.4, -0.2) is 16.1 Å². The van der Waals surface area contributed by atoms with Crippen LogP contribution in [-0.2, 0) is 5.75 Å². The van der Waals surface area contributed by atoms with E-state index in [-0.39, 0.29) is 0 Å². The van der Waals surface area contributed by atoms with Gasteiger partial charge >= 0.3 is 5.97 Å². The standard InChI is InChI=1S/C17H12BrNO2S2/c18-12-7-5-11(6-8-12)14-9-23-16(19-14)10-22-15-4-2-1-3-13(15)17(20)21/h1-9H,10H2,(H,20,21). The summed E-state index contributed by atoms with van der Waals surface area (Å²) in [6.45, 7) is 0. The minimum atomic E-state index is -0.900. The lowest BCUT2D eigenvalue weighted by molar-refractivity contribution is 0.0693. The molecule has 0 spiro atoms. The Morgan fingerprint density at radius 3 is 2.65 bits per heavy atom. The fraction of sp³-hybridized carbons (Fsp3) is 0.0588. The zero-order chi connectivity index (χ0) is 16.2. The van der Waals surface area contributed by atoms with Crippen LogP contribution in [0.25, 0.3) is 11.3 Å². The van der Waals surface area contributed by atoms with E-state index in [1.165, 1.54) is 11.8 Å². The minimum absolute atomic E-state index is 0.335. The van der Waals surface area contributed by atoms with E-state index in [1.54, 1.807) is 23.5 Å². The van der Waals surface area contributed by atoms with Crippen molar-refractivity contribution in [2.75, 3.05) is 0 Å². The second-order valence-corrected chi connectivity index (χ2v) is 7.60. The van der Waals surface area contributed by atoms with Crippen LogP contribution in [0.1, 0.15) is 15.4 Å². The fourth-order valence-electron chi connectivity index (χ4n) is 2.04. The number of carbonyl (C=O) groups is 1. The average molecular weight is 406 g/mol. The lowest BCUT2D eigenvalue weighted by Crippen LogP contribution is -1.98. The molecule has 0 saturated heterocycles. The number of aromatic nitrogens is 1. The number of nitrogens with zero attached hydrogens (tertiary/aromatic N) is 1. The summed E-state index contributed by atoms with van der Waals surface area (Å²) in [4.78, 5) is 16.6. The molecule has 1 aromatic heterocycles. The van der Waals surface area contributed by atoms with Crippen LogP contribution in [0.5, 0.6) is 0 Å². The molecule has 0 fully saturated rings. The van der Waals surface area contributed by atoms with Crippen LogP contribution in [0.4, 0.5) is 0 Å². The third kappa shape index (κ3) is 4.02. The molecule has 1 N–H and O–H groups in total. The van der Waals surface area contributed by atoms with Gasteiger partial charge in [-0.05, 0) is 24.3 Å². The topological polar surface area (TPSA) is 50.2 Å². The highest BCUT2D eigenvalue weighted by molar-refractivity contribution is 9.10. The summed E-state index contributed by atoms with van der Waals surface area (Å²) in [5.74, 6) is -0.242. The molecular weight excluding hydrogens is 394 g/mol. The molecule has 0 atom stereocenters. The van der Waals surface area contributed by atoms with Gasteiger partial charge in [0.15, 0.2) is 0 Å². The Hall–Kier alpha value is -1.63. The van der Waals surface area contributed by atoms with Gasteiger partial charge in [-0.2, -0.15) is 0 Å². The second-order valence-electron chi connectivity index (χ2n) is 4.72. The molecule has 0 aliphatic rings. The lowest BCUT2D eigenvalue weighted by Gasteiger charge is -2.03. The molecular formula is C17H12BrNO2S2. The van der Waals surface area contributed by atoms with Crippen LogP contribution in [0, 0.1) is 0 Å². The molecule has 2 aromatic carbocycles. The van der Waals surface area contributed by atoms with Gasteiger partial charge in [0.1, 0.15) is 5.01 Å². The summed E-state index contributed by atoms with van der Waals surface area (Å²) < 4.78 is 1.04. The molecule has 0 bridgehead atoms. The Bertz CT molecular complexity index is 831. The number of halogens is 1. The number of hydrogen-bond donors (Lipinski definition) is 1. The number of carboxylic acid groups (broad SMARTS) is 1. The van der Waals surface area contributed by atoms with Crippen molar-refractivity contribution in [3.63, 3.8) is 0 Å². The van der Waals surface area contributed by atoms with E-state index in [2.05, 4.69) is 20.9 Å². The molecule has 0 saturated carbocycles. The lowest BCUT2D eigenvalue weighted by atomic mass is 10.2. The largest absolute Gasteiger partial charge is 0.478 e. The zero-order valence-electron chi connectivity index (χ0n) is 11.9. The fourth-order valence-corrected chi connectivity index (χ4v) is 4.17. The summed E-state index contributed by atoms with van der Waals surface area (Å²) in [5, 5.41) is 12.2. The van der Waals surface area contributed by atoms with Gasteiger partial charge in [-0.15, -0.1) is 23.1 Å². The van der Waals surface area contributed by atoms with Crippen molar-refractivity contribution < 1.29 is 9.90 Å². The number of rotatable bonds is 5. The summed E-state index contributed by atoms with van der Waals surface area (Å²) in [7, 11) is 0. The molecule has 0 radical (unpaired) electrons. The van der Waals surface area contributed by atoms with E-state index in [4.69, 9.17) is 0 Å². The van der Waals surface area contributed by atoms with Gasteiger partial charge in [0.25, 0.3) is 0 Å². The normalized spacial score (nSPS) is 10.7. The Kier molecular flexibility index (Phi) is 5.15. The molecule has 116 valence electrons. The van der Waals surface area contributed by atoms with Gasteiger partial charge < -0.3 is 5.11 Å². The van der Waals surface area contributed by atoms with E-state index >= 15 is 0 Å². The van der Waals surface area contributed by atoms with Crippen molar-refractivity contribution >= 4 is 45.0 Å². The maximum atomic E-state index is 11.2. The van der Waals surface area contributed by atoms with E-state index < -0.39 is 5.97 Å². The maximum Gasteiger partial charge on any atom is 0.336 e. The highest BCUT2D eigenvalue weighted by Gasteiger charge is 2.11. The highest BCUT2D eigenvalue weighted by Crippen LogP contribution is 2.30. The molecule has 3 nitrogen and oxygen atoms in total. The maximum absolute atomic E-state index is 11.2. The molecule has 0 aliphatic carbocycles. The van der Waals surface area contributed by atoms with Crippen LogP contribution in [0.3, 0.4) is 0 Å². The molecule has 3 aromatic rings. The predicted molar refractivity (Wildman–Crippen MR) is 98.2 cm³/mol. The molecule has 0 aliphatic heterocycles. The first-order chi connectivity index (χ1) is 11.1. The molecule has 0 unspecified atom stereocenters. The first kappa shape index (κ1) is 16.2. The van der Waals surface area contributed by atoms with E-state index in [9.17, 15) is 9.90 Å². The minimum Gasteiger partial charge on any atom is -0.478 e. The van der Waals surface area contributed by atoms with Gasteiger partial charge in [-0.3, -0.25) is 0 Å². The smallest absolute Gasteiger partial charge is 0.336 e. The zero-order valence-corrected chi connectivity index (χ0v) is 15.1. The summed E-state index contributed by atoms with van der Waals surface area (Å²) in [5.41, 5.74) is 2.36. The number of benzene rings is 2. The second kappa shape index (κ2) is 7.29. The van der Waals surface area contributed by atoms with Crippen molar-refractivity contribution in [3.8, 4) is 11.3 Å². The van der Waals surface area contributed by atoms with Crippen LogP contribution in [0.2, 0.25) is 0 Å². The summed E-state index contributed by atoms with van der Waals surface area (Å²) in [6.07, 6.45) is 0. The number of hydrogen-bond acceptors (Lipinski definition) is 4. The Balaban J connectivity index is 1.73. The number of aromatic carboxylic acids is 1. The first-order valence-corrected chi connectivity index (χ1v) is 9.45. The number of thioether (sulfide) groups is 1.